The van der Waals surface area contributed by atoms with Gasteiger partial charge in [-0.25, -0.2) is 0 Å². The summed E-state index contributed by atoms with van der Waals surface area (Å²) in [5.41, 5.74) is 0.998. The summed E-state index contributed by atoms with van der Waals surface area (Å²) in [6.45, 7) is 2.14. The minimum atomic E-state index is -0.774. The number of rotatable bonds is 5. The van der Waals surface area contributed by atoms with E-state index in [1.165, 1.54) is 0 Å². The number of anilines is 1. The highest BCUT2D eigenvalue weighted by Crippen LogP contribution is 2.24. The fraction of sp³-hybridized carbons (Fsp3) is 0.364. The Balaban J connectivity index is 2.60. The quantitative estimate of drug-likeness (QED) is 0.756. The first kappa shape index (κ1) is 11.9. The molecule has 0 amide bonds. The second kappa shape index (κ2) is 5.66. The van der Waals surface area contributed by atoms with Gasteiger partial charge in [-0.3, -0.25) is 4.79 Å². The van der Waals surface area contributed by atoms with Gasteiger partial charge in [0.25, 0.3) is 0 Å². The third-order valence-electron chi connectivity index (χ3n) is 2.13. The van der Waals surface area contributed by atoms with E-state index in [1.807, 2.05) is 30.5 Å². The van der Waals surface area contributed by atoms with Crippen molar-refractivity contribution in [2.45, 2.75) is 11.8 Å². The fourth-order valence-electron chi connectivity index (χ4n) is 1.14. The molecule has 1 aromatic rings. The summed E-state index contributed by atoms with van der Waals surface area (Å²) in [5.74, 6) is -1.15. The molecule has 0 aliphatic heterocycles. The lowest BCUT2D eigenvalue weighted by molar-refractivity contribution is -0.140. The number of carbonyl (C=O) groups is 1. The van der Waals surface area contributed by atoms with Crippen molar-refractivity contribution in [3.05, 3.63) is 24.3 Å². The largest absolute Gasteiger partial charge is 0.481 e. The summed E-state index contributed by atoms with van der Waals surface area (Å²) in [4.78, 5) is 11.8. The van der Waals surface area contributed by atoms with Gasteiger partial charge in [0.05, 0.1) is 5.92 Å². The van der Waals surface area contributed by atoms with Crippen LogP contribution in [-0.2, 0) is 4.79 Å². The maximum Gasteiger partial charge on any atom is 0.308 e. The Morgan fingerprint density at radius 1 is 1.53 bits per heavy atom. The van der Waals surface area contributed by atoms with E-state index in [2.05, 4.69) is 5.32 Å². The van der Waals surface area contributed by atoms with Crippen molar-refractivity contribution in [3.8, 4) is 0 Å². The molecule has 1 rings (SSSR count). The number of thioether (sulfide) groups is 1. The number of hydrogen-bond acceptors (Lipinski definition) is 3. The number of carboxylic acid groups (broad SMARTS) is 1. The Bertz CT molecular complexity index is 341. The lowest BCUT2D eigenvalue weighted by Gasteiger charge is -2.12. The summed E-state index contributed by atoms with van der Waals surface area (Å²) >= 11 is 1.65. The van der Waals surface area contributed by atoms with Crippen molar-refractivity contribution in [3.63, 3.8) is 0 Å². The molecule has 0 heterocycles. The first-order valence-corrected chi connectivity index (χ1v) is 5.97. The lowest BCUT2D eigenvalue weighted by Crippen LogP contribution is -2.19. The fourth-order valence-corrected chi connectivity index (χ4v) is 1.72. The van der Waals surface area contributed by atoms with Crippen molar-refractivity contribution in [2.75, 3.05) is 18.1 Å². The summed E-state index contributed by atoms with van der Waals surface area (Å²) in [7, 11) is 0. The highest BCUT2D eigenvalue weighted by atomic mass is 32.2. The molecule has 0 fully saturated rings. The molecule has 0 saturated heterocycles. The zero-order valence-corrected chi connectivity index (χ0v) is 9.67. The zero-order chi connectivity index (χ0) is 11.3. The topological polar surface area (TPSA) is 49.3 Å². The van der Waals surface area contributed by atoms with Crippen LogP contribution in [0.1, 0.15) is 6.92 Å². The Labute approximate surface area is 93.9 Å². The Morgan fingerprint density at radius 2 is 2.20 bits per heavy atom. The van der Waals surface area contributed by atoms with Crippen molar-refractivity contribution < 1.29 is 9.90 Å². The van der Waals surface area contributed by atoms with E-state index in [0.29, 0.717) is 6.54 Å². The molecule has 0 aliphatic carbocycles. The van der Waals surface area contributed by atoms with E-state index in [0.717, 1.165) is 10.6 Å². The van der Waals surface area contributed by atoms with Crippen LogP contribution in [0.4, 0.5) is 5.69 Å². The van der Waals surface area contributed by atoms with Gasteiger partial charge in [-0.05, 0) is 18.4 Å². The Hall–Kier alpha value is -1.16. The molecule has 0 aromatic heterocycles. The second-order valence-electron chi connectivity index (χ2n) is 3.32. The molecular weight excluding hydrogens is 210 g/mol. The zero-order valence-electron chi connectivity index (χ0n) is 8.86. The third kappa shape index (κ3) is 3.47. The van der Waals surface area contributed by atoms with Gasteiger partial charge in [0, 0.05) is 17.1 Å². The summed E-state index contributed by atoms with van der Waals surface area (Å²) in [6.07, 6.45) is 2.00. The van der Waals surface area contributed by atoms with Crippen LogP contribution in [0, 0.1) is 5.92 Å². The second-order valence-corrected chi connectivity index (χ2v) is 4.17. The first-order valence-electron chi connectivity index (χ1n) is 4.75. The van der Waals surface area contributed by atoms with Gasteiger partial charge in [0.15, 0.2) is 0 Å². The maximum atomic E-state index is 10.6. The minimum Gasteiger partial charge on any atom is -0.481 e. The van der Waals surface area contributed by atoms with E-state index >= 15 is 0 Å². The molecule has 0 bridgehead atoms. The van der Waals surface area contributed by atoms with Crippen LogP contribution in [0.25, 0.3) is 0 Å². The van der Waals surface area contributed by atoms with E-state index in [-0.39, 0.29) is 5.92 Å². The van der Waals surface area contributed by atoms with Gasteiger partial charge >= 0.3 is 5.97 Å². The van der Waals surface area contributed by atoms with Gasteiger partial charge in [0.2, 0.25) is 0 Å². The highest BCUT2D eigenvalue weighted by Gasteiger charge is 2.10. The van der Waals surface area contributed by atoms with Gasteiger partial charge in [-0.2, -0.15) is 0 Å². The van der Waals surface area contributed by atoms with Gasteiger partial charge in [0.1, 0.15) is 0 Å². The average Bonchev–Trinajstić information content (AvgIpc) is 2.26. The van der Waals surface area contributed by atoms with Crippen LogP contribution in [0.15, 0.2) is 29.2 Å². The standard InChI is InChI=1S/C11H15NO2S/c1-8(11(13)14)7-12-9-5-3-4-6-10(9)15-2/h3-6,8,12H,7H2,1-2H3,(H,13,14). The van der Waals surface area contributed by atoms with Crippen LogP contribution in [0.3, 0.4) is 0 Å². The third-order valence-corrected chi connectivity index (χ3v) is 2.92. The molecule has 1 unspecified atom stereocenters. The number of nitrogens with one attached hydrogen (secondary N) is 1. The van der Waals surface area contributed by atoms with Crippen molar-refractivity contribution in [2.24, 2.45) is 5.92 Å². The molecule has 82 valence electrons. The van der Waals surface area contributed by atoms with E-state index in [4.69, 9.17) is 5.11 Å². The van der Waals surface area contributed by atoms with Crippen molar-refractivity contribution in [1.29, 1.82) is 0 Å². The molecule has 2 N–H and O–H groups in total. The Kier molecular flexibility index (Phi) is 4.49. The molecule has 0 radical (unpaired) electrons. The Morgan fingerprint density at radius 3 is 2.80 bits per heavy atom. The molecule has 0 aliphatic rings. The van der Waals surface area contributed by atoms with Crippen molar-refractivity contribution in [1.82, 2.24) is 0 Å². The molecule has 3 nitrogen and oxygen atoms in total. The number of benzene rings is 1. The summed E-state index contributed by atoms with van der Waals surface area (Å²) in [5, 5.41) is 11.9. The molecular formula is C11H15NO2S. The minimum absolute atomic E-state index is 0.375. The predicted octanol–water partition coefficient (Wildman–Crippen LogP) is 2.54. The van der Waals surface area contributed by atoms with Crippen LogP contribution in [-0.4, -0.2) is 23.9 Å². The van der Waals surface area contributed by atoms with E-state index in [9.17, 15) is 4.79 Å². The average molecular weight is 225 g/mol. The lowest BCUT2D eigenvalue weighted by atomic mass is 10.2. The van der Waals surface area contributed by atoms with Crippen molar-refractivity contribution >= 4 is 23.4 Å². The van der Waals surface area contributed by atoms with E-state index in [1.54, 1.807) is 18.7 Å². The van der Waals surface area contributed by atoms with Crippen LogP contribution >= 0.6 is 11.8 Å². The normalized spacial score (nSPS) is 12.1. The molecule has 1 aromatic carbocycles. The number of aliphatic carboxylic acids is 1. The number of hydrogen-bond donors (Lipinski definition) is 2. The molecule has 1 atom stereocenters. The molecule has 0 spiro atoms. The van der Waals surface area contributed by atoms with Gasteiger partial charge in [-0.1, -0.05) is 19.1 Å². The van der Waals surface area contributed by atoms with Gasteiger partial charge < -0.3 is 10.4 Å². The van der Waals surface area contributed by atoms with Gasteiger partial charge in [-0.15, -0.1) is 11.8 Å². The number of carboxylic acids is 1. The molecule has 0 saturated carbocycles. The van der Waals surface area contributed by atoms with Crippen LogP contribution < -0.4 is 5.32 Å². The monoisotopic (exact) mass is 225 g/mol. The maximum absolute atomic E-state index is 10.6. The first-order chi connectivity index (χ1) is 7.15. The molecule has 4 heteroatoms. The molecule has 15 heavy (non-hydrogen) atoms. The SMILES string of the molecule is CSc1ccccc1NCC(C)C(=O)O. The highest BCUT2D eigenvalue weighted by molar-refractivity contribution is 7.98. The predicted molar refractivity (Wildman–Crippen MR) is 63.5 cm³/mol. The van der Waals surface area contributed by atoms with Crippen LogP contribution in [0.2, 0.25) is 0 Å². The summed E-state index contributed by atoms with van der Waals surface area (Å²) < 4.78 is 0. The number of para-hydroxylation sites is 1. The van der Waals surface area contributed by atoms with E-state index < -0.39 is 5.97 Å². The smallest absolute Gasteiger partial charge is 0.308 e. The summed E-state index contributed by atoms with van der Waals surface area (Å²) in [6, 6.07) is 7.88. The van der Waals surface area contributed by atoms with Crippen LogP contribution in [0.5, 0.6) is 0 Å².